The summed E-state index contributed by atoms with van der Waals surface area (Å²) in [4.78, 5) is 31.0. The van der Waals surface area contributed by atoms with Gasteiger partial charge in [-0.3, -0.25) is 9.59 Å². The molecule has 1 aromatic heterocycles. The minimum atomic E-state index is -0.814. The summed E-state index contributed by atoms with van der Waals surface area (Å²) in [7, 11) is 0. The molecule has 4 nitrogen and oxygen atoms in total. The Kier molecular flexibility index (Phi) is 4.27. The number of hydrogen-bond acceptors (Lipinski definition) is 4. The van der Waals surface area contributed by atoms with E-state index in [1.54, 1.807) is 0 Å². The Morgan fingerprint density at radius 1 is 0.853 bits per heavy atom. The molecule has 2 heterocycles. The van der Waals surface area contributed by atoms with Gasteiger partial charge < -0.3 is 0 Å². The van der Waals surface area contributed by atoms with Crippen molar-refractivity contribution in [3.05, 3.63) is 86.8 Å². The van der Waals surface area contributed by atoms with Crippen LogP contribution in [0.1, 0.15) is 51.1 Å². The summed E-state index contributed by atoms with van der Waals surface area (Å²) in [5.74, 6) is -1.69. The number of hydrogen-bond donors (Lipinski definition) is 0. The predicted octanol–water partition coefficient (Wildman–Crippen LogP) is 5.91. The number of amides is 2. The molecule has 2 atom stereocenters. The first-order chi connectivity index (χ1) is 16.4. The van der Waals surface area contributed by atoms with Gasteiger partial charge >= 0.3 is 0 Å². The van der Waals surface area contributed by atoms with Crippen LogP contribution in [0.2, 0.25) is 0 Å². The highest BCUT2D eigenvalue weighted by Crippen LogP contribution is 2.71. The van der Waals surface area contributed by atoms with E-state index in [1.807, 2.05) is 24.3 Å². The van der Waals surface area contributed by atoms with E-state index in [9.17, 15) is 14.9 Å². The number of imide groups is 1. The lowest BCUT2D eigenvalue weighted by atomic mass is 9.54. The molecule has 0 N–H and O–H groups in total. The number of halogens is 2. The first-order valence-corrected chi connectivity index (χ1v) is 13.8. The van der Waals surface area contributed by atoms with Crippen LogP contribution >= 0.6 is 43.2 Å². The molecule has 7 heteroatoms. The molecule has 2 aromatic carbocycles. The number of fused-ring (bicyclic) bond motifs is 1. The number of alkyl halides is 2. The van der Waals surface area contributed by atoms with Crippen LogP contribution in [0, 0.1) is 23.2 Å². The summed E-state index contributed by atoms with van der Waals surface area (Å²) in [6, 6.07) is 18.5. The number of nitrogens with zero attached hydrogens (tertiary/aromatic N) is 2. The van der Waals surface area contributed by atoms with E-state index in [0.717, 1.165) is 58.4 Å². The standard InChI is InChI=1S/C27H18Br2N2O2S/c28-26-16-8-2-3-9-17(16)27(29,19-11-5-4-10-18(19)26)22-21(26)23(32)31(24(22)33)25-15(13-30)14-7-1-6-12-20(14)34-25/h2-5,8-11,21-22H,1,6-7,12H2. The van der Waals surface area contributed by atoms with Gasteiger partial charge in [0.1, 0.15) is 11.1 Å². The normalized spacial score (nSPS) is 30.4. The van der Waals surface area contributed by atoms with E-state index in [0.29, 0.717) is 10.6 Å². The number of nitriles is 1. The van der Waals surface area contributed by atoms with E-state index < -0.39 is 20.5 Å². The van der Waals surface area contributed by atoms with Gasteiger partial charge in [0, 0.05) is 4.88 Å². The highest BCUT2D eigenvalue weighted by Gasteiger charge is 2.72. The third kappa shape index (κ3) is 2.24. The summed E-state index contributed by atoms with van der Waals surface area (Å²) in [6.45, 7) is 0. The second-order valence-corrected chi connectivity index (χ2v) is 13.1. The summed E-state index contributed by atoms with van der Waals surface area (Å²) in [5, 5.41) is 10.6. The molecule has 2 unspecified atom stereocenters. The van der Waals surface area contributed by atoms with E-state index in [4.69, 9.17) is 0 Å². The Morgan fingerprint density at radius 3 is 1.79 bits per heavy atom. The van der Waals surface area contributed by atoms with Gasteiger partial charge in [-0.25, -0.2) is 4.90 Å². The van der Waals surface area contributed by atoms with Gasteiger partial charge in [-0.2, -0.15) is 5.26 Å². The Bertz CT molecular complexity index is 1360. The summed E-state index contributed by atoms with van der Waals surface area (Å²) < 4.78 is -1.63. The van der Waals surface area contributed by atoms with E-state index >= 15 is 0 Å². The van der Waals surface area contributed by atoms with Crippen LogP contribution in [-0.4, -0.2) is 11.8 Å². The average molecular weight is 594 g/mol. The average Bonchev–Trinajstić information content (AvgIpc) is 3.36. The van der Waals surface area contributed by atoms with E-state index in [1.165, 1.54) is 16.2 Å². The van der Waals surface area contributed by atoms with Gasteiger partial charge in [0.05, 0.1) is 26.0 Å². The van der Waals surface area contributed by atoms with Crippen LogP contribution in [0.25, 0.3) is 0 Å². The van der Waals surface area contributed by atoms with Crippen molar-refractivity contribution >= 4 is 60.0 Å². The molecule has 2 bridgehead atoms. The minimum absolute atomic E-state index is 0.227. The topological polar surface area (TPSA) is 61.2 Å². The van der Waals surface area contributed by atoms with Crippen LogP contribution in [-0.2, 0) is 31.1 Å². The molecule has 3 aromatic rings. The zero-order chi connectivity index (χ0) is 23.4. The molecule has 168 valence electrons. The van der Waals surface area contributed by atoms with Gasteiger partial charge in [-0.15, -0.1) is 11.3 Å². The molecule has 4 aliphatic carbocycles. The fourth-order valence-electron chi connectivity index (χ4n) is 6.69. The van der Waals surface area contributed by atoms with Crippen molar-refractivity contribution in [2.75, 3.05) is 4.90 Å². The van der Waals surface area contributed by atoms with Crippen molar-refractivity contribution in [2.24, 2.45) is 11.8 Å². The fraction of sp³-hybridized carbons (Fsp3) is 0.296. The molecule has 0 saturated carbocycles. The quantitative estimate of drug-likeness (QED) is 0.260. The monoisotopic (exact) mass is 592 g/mol. The summed E-state index contributed by atoms with van der Waals surface area (Å²) in [5.41, 5.74) is 5.60. The maximum Gasteiger partial charge on any atom is 0.240 e. The molecule has 1 aliphatic heterocycles. The van der Waals surface area contributed by atoms with Crippen molar-refractivity contribution in [1.29, 1.82) is 5.26 Å². The highest BCUT2D eigenvalue weighted by molar-refractivity contribution is 9.10. The number of benzene rings is 2. The maximum atomic E-state index is 14.2. The molecule has 2 amide bonds. The van der Waals surface area contributed by atoms with Crippen LogP contribution < -0.4 is 4.90 Å². The first-order valence-electron chi connectivity index (χ1n) is 11.4. The molecule has 0 spiro atoms. The van der Waals surface area contributed by atoms with Gasteiger partial charge in [-0.05, 0) is 53.5 Å². The zero-order valence-electron chi connectivity index (χ0n) is 18.0. The van der Waals surface area contributed by atoms with Crippen LogP contribution in [0.4, 0.5) is 5.00 Å². The maximum absolute atomic E-state index is 14.2. The smallest absolute Gasteiger partial charge is 0.240 e. The predicted molar refractivity (Wildman–Crippen MR) is 137 cm³/mol. The van der Waals surface area contributed by atoms with Crippen molar-refractivity contribution in [3.63, 3.8) is 0 Å². The van der Waals surface area contributed by atoms with Crippen molar-refractivity contribution in [2.45, 2.75) is 34.3 Å². The van der Waals surface area contributed by atoms with E-state index in [-0.39, 0.29) is 11.8 Å². The van der Waals surface area contributed by atoms with E-state index in [2.05, 4.69) is 62.2 Å². The van der Waals surface area contributed by atoms with Gasteiger partial charge in [0.15, 0.2) is 0 Å². The van der Waals surface area contributed by atoms with Gasteiger partial charge in [0.2, 0.25) is 11.8 Å². The van der Waals surface area contributed by atoms with Crippen LogP contribution in [0.15, 0.2) is 48.5 Å². The van der Waals surface area contributed by atoms with Crippen molar-refractivity contribution in [1.82, 2.24) is 0 Å². The molecular weight excluding hydrogens is 576 g/mol. The molecule has 34 heavy (non-hydrogen) atoms. The number of aryl methyl sites for hydroxylation is 1. The lowest BCUT2D eigenvalue weighted by Crippen LogP contribution is -2.56. The molecular formula is C27H18Br2N2O2S. The molecule has 0 radical (unpaired) electrons. The largest absolute Gasteiger partial charge is 0.274 e. The number of rotatable bonds is 1. The highest BCUT2D eigenvalue weighted by atomic mass is 79.9. The summed E-state index contributed by atoms with van der Waals surface area (Å²) in [6.07, 6.45) is 3.84. The molecule has 5 aliphatic rings. The third-order valence-corrected chi connectivity index (χ3v) is 12.0. The third-order valence-electron chi connectivity index (χ3n) is 8.05. The lowest BCUT2D eigenvalue weighted by molar-refractivity contribution is -0.122. The second kappa shape index (κ2) is 6.90. The fourth-order valence-corrected chi connectivity index (χ4v) is 10.3. The van der Waals surface area contributed by atoms with Crippen LogP contribution in [0.3, 0.4) is 0 Å². The van der Waals surface area contributed by atoms with Crippen LogP contribution in [0.5, 0.6) is 0 Å². The number of thiophene rings is 1. The first kappa shape index (κ1) is 21.0. The lowest BCUT2D eigenvalue weighted by Gasteiger charge is -2.55. The zero-order valence-corrected chi connectivity index (χ0v) is 22.0. The van der Waals surface area contributed by atoms with Gasteiger partial charge in [-0.1, -0.05) is 80.4 Å². The number of carbonyl (C=O) groups is 2. The molecule has 1 fully saturated rings. The number of carbonyl (C=O) groups excluding carboxylic acids is 2. The minimum Gasteiger partial charge on any atom is -0.274 e. The Hall–Kier alpha value is -2.27. The van der Waals surface area contributed by atoms with Crippen molar-refractivity contribution in [3.8, 4) is 6.07 Å². The second-order valence-electron chi connectivity index (χ2n) is 9.48. The van der Waals surface area contributed by atoms with Gasteiger partial charge in [0.25, 0.3) is 0 Å². The Labute approximate surface area is 217 Å². The molecule has 1 saturated heterocycles. The number of anilines is 1. The molecule has 8 rings (SSSR count). The Morgan fingerprint density at radius 2 is 1.32 bits per heavy atom. The van der Waals surface area contributed by atoms with Crippen molar-refractivity contribution < 1.29 is 9.59 Å². The Balaban J connectivity index is 1.49. The SMILES string of the molecule is N#Cc1c(N2C(=O)C3C(C2=O)C2(Br)c4ccccc4C3(Br)c3ccccc32)sc2c1CCCC2. The summed E-state index contributed by atoms with van der Waals surface area (Å²) >= 11 is 9.54.